The molecule has 0 saturated carbocycles. The molecule has 0 spiro atoms. The Morgan fingerprint density at radius 3 is 2.67 bits per heavy atom. The van der Waals surface area contributed by atoms with Crippen LogP contribution >= 0.6 is 0 Å². The molecule has 1 aromatic rings. The molecule has 0 aliphatic carbocycles. The van der Waals surface area contributed by atoms with Gasteiger partial charge in [-0.25, -0.2) is 0 Å². The summed E-state index contributed by atoms with van der Waals surface area (Å²) < 4.78 is 7.02. The van der Waals surface area contributed by atoms with Crippen LogP contribution in [0.25, 0.3) is 0 Å². The van der Waals surface area contributed by atoms with E-state index in [0.29, 0.717) is 21.6 Å². The van der Waals surface area contributed by atoms with E-state index < -0.39 is 0 Å². The minimum absolute atomic E-state index is 0.0663. The van der Waals surface area contributed by atoms with Crippen molar-refractivity contribution in [1.29, 1.82) is 0 Å². The maximum absolute atomic E-state index is 5.66. The Morgan fingerprint density at radius 1 is 1.33 bits per heavy atom. The molecular formula is C12H15NOSe. The molecule has 0 fully saturated rings. The number of ether oxygens (including phenoxy) is 1. The maximum atomic E-state index is 5.66. The van der Waals surface area contributed by atoms with Gasteiger partial charge < -0.3 is 0 Å². The predicted molar refractivity (Wildman–Crippen MR) is 64.3 cm³/mol. The van der Waals surface area contributed by atoms with Crippen molar-refractivity contribution in [2.24, 2.45) is 4.99 Å². The van der Waals surface area contributed by atoms with Crippen LogP contribution in [0.1, 0.15) is 19.4 Å². The summed E-state index contributed by atoms with van der Waals surface area (Å²) in [4.78, 5) is 4.60. The summed E-state index contributed by atoms with van der Waals surface area (Å²) in [6.45, 7) is 4.88. The fourth-order valence-electron chi connectivity index (χ4n) is 1.54. The minimum atomic E-state index is -0.0663. The average Bonchev–Trinajstić information content (AvgIpc) is 2.59. The second-order valence-corrected chi connectivity index (χ2v) is 6.00. The van der Waals surface area contributed by atoms with E-state index in [4.69, 9.17) is 4.74 Å². The Labute approximate surface area is 96.9 Å². The fourth-order valence-corrected chi connectivity index (χ4v) is 2.78. The van der Waals surface area contributed by atoms with E-state index in [1.165, 1.54) is 10.0 Å². The van der Waals surface area contributed by atoms with E-state index >= 15 is 0 Å². The Hall–Kier alpha value is -0.791. The normalized spacial score (nSPS) is 18.5. The van der Waals surface area contributed by atoms with Gasteiger partial charge in [-0.15, -0.1) is 0 Å². The number of hydrogen-bond donors (Lipinski definition) is 0. The molecule has 0 bridgehead atoms. The van der Waals surface area contributed by atoms with Crippen molar-refractivity contribution in [3.05, 3.63) is 29.8 Å². The van der Waals surface area contributed by atoms with Crippen LogP contribution in [0.2, 0.25) is 5.82 Å². The molecule has 1 heterocycles. The number of aliphatic imine (C=N–C) groups is 1. The standard InChI is InChI=1S/C12H15NOSe/c1-12(2)8-14-11(13-12)9-6-4-5-7-10(9)15-3/h4-7H,8H2,1-3H3. The zero-order valence-electron chi connectivity index (χ0n) is 9.28. The molecule has 0 radical (unpaired) electrons. The molecule has 0 unspecified atom stereocenters. The van der Waals surface area contributed by atoms with Crippen molar-refractivity contribution in [1.82, 2.24) is 0 Å². The molecule has 1 aliphatic rings. The van der Waals surface area contributed by atoms with Gasteiger partial charge >= 0.3 is 96.7 Å². The first kappa shape index (κ1) is 10.7. The monoisotopic (exact) mass is 269 g/mol. The molecule has 0 N–H and O–H groups in total. The Morgan fingerprint density at radius 2 is 2.07 bits per heavy atom. The number of benzene rings is 1. The summed E-state index contributed by atoms with van der Waals surface area (Å²) >= 11 is 0.481. The van der Waals surface area contributed by atoms with Gasteiger partial charge in [-0.05, 0) is 0 Å². The van der Waals surface area contributed by atoms with E-state index in [0.717, 1.165) is 5.90 Å². The van der Waals surface area contributed by atoms with Crippen LogP contribution in [0.5, 0.6) is 0 Å². The van der Waals surface area contributed by atoms with Gasteiger partial charge in [-0.1, -0.05) is 0 Å². The number of hydrogen-bond acceptors (Lipinski definition) is 2. The molecule has 1 aliphatic heterocycles. The third-order valence-electron chi connectivity index (χ3n) is 2.30. The molecular weight excluding hydrogens is 253 g/mol. The number of nitrogens with zero attached hydrogens (tertiary/aromatic N) is 1. The van der Waals surface area contributed by atoms with E-state index in [9.17, 15) is 0 Å². The van der Waals surface area contributed by atoms with Crippen LogP contribution in [0.15, 0.2) is 29.3 Å². The van der Waals surface area contributed by atoms with E-state index in [1.807, 2.05) is 6.07 Å². The van der Waals surface area contributed by atoms with Crippen LogP contribution in [0.4, 0.5) is 0 Å². The summed E-state index contributed by atoms with van der Waals surface area (Å²) in [5, 5.41) is 0. The third kappa shape index (κ3) is 2.24. The zero-order valence-corrected chi connectivity index (χ0v) is 11.0. The van der Waals surface area contributed by atoms with Crippen molar-refractivity contribution in [2.45, 2.75) is 25.2 Å². The zero-order chi connectivity index (χ0) is 10.9. The van der Waals surface area contributed by atoms with Crippen LogP contribution in [-0.2, 0) is 4.74 Å². The van der Waals surface area contributed by atoms with Crippen molar-refractivity contribution in [3.8, 4) is 0 Å². The SMILES string of the molecule is C[Se]c1ccccc1C1=NC(C)(C)CO1. The number of rotatable bonds is 2. The topological polar surface area (TPSA) is 21.6 Å². The van der Waals surface area contributed by atoms with Crippen LogP contribution < -0.4 is 4.46 Å². The van der Waals surface area contributed by atoms with Crippen molar-refractivity contribution in [2.75, 3.05) is 6.61 Å². The molecule has 0 aromatic heterocycles. The summed E-state index contributed by atoms with van der Waals surface area (Å²) in [6, 6.07) is 8.37. The summed E-state index contributed by atoms with van der Waals surface area (Å²) in [5.41, 5.74) is 1.11. The molecule has 0 atom stereocenters. The first-order valence-electron chi connectivity index (χ1n) is 4.98. The first-order chi connectivity index (χ1) is 7.12. The van der Waals surface area contributed by atoms with Gasteiger partial charge in [0.15, 0.2) is 0 Å². The average molecular weight is 268 g/mol. The molecule has 15 heavy (non-hydrogen) atoms. The quantitative estimate of drug-likeness (QED) is 0.747. The first-order valence-corrected chi connectivity index (χ1v) is 7.55. The Balaban J connectivity index is 2.39. The van der Waals surface area contributed by atoms with Gasteiger partial charge in [0.1, 0.15) is 0 Å². The van der Waals surface area contributed by atoms with E-state index in [1.54, 1.807) is 0 Å². The molecule has 1 aromatic carbocycles. The van der Waals surface area contributed by atoms with Gasteiger partial charge in [0.2, 0.25) is 0 Å². The van der Waals surface area contributed by atoms with E-state index in [-0.39, 0.29) is 5.54 Å². The molecule has 0 amide bonds. The van der Waals surface area contributed by atoms with Gasteiger partial charge in [-0.3, -0.25) is 0 Å². The molecule has 3 heteroatoms. The summed E-state index contributed by atoms with van der Waals surface area (Å²) in [7, 11) is 0. The molecule has 80 valence electrons. The second kappa shape index (κ2) is 3.99. The van der Waals surface area contributed by atoms with Crippen LogP contribution in [0.3, 0.4) is 0 Å². The second-order valence-electron chi connectivity index (χ2n) is 4.22. The van der Waals surface area contributed by atoms with Gasteiger partial charge in [0, 0.05) is 0 Å². The van der Waals surface area contributed by atoms with Gasteiger partial charge in [0.05, 0.1) is 0 Å². The summed E-state index contributed by atoms with van der Waals surface area (Å²) in [6.07, 6.45) is 0. The Bertz CT molecular complexity index is 398. The van der Waals surface area contributed by atoms with Gasteiger partial charge in [0.25, 0.3) is 0 Å². The van der Waals surface area contributed by atoms with Crippen LogP contribution in [0, 0.1) is 0 Å². The summed E-state index contributed by atoms with van der Waals surface area (Å²) in [5.74, 6) is 3.03. The van der Waals surface area contributed by atoms with Crippen molar-refractivity contribution >= 4 is 25.3 Å². The van der Waals surface area contributed by atoms with Crippen molar-refractivity contribution in [3.63, 3.8) is 0 Å². The molecule has 0 saturated heterocycles. The third-order valence-corrected chi connectivity index (χ3v) is 3.97. The fraction of sp³-hybridized carbons (Fsp3) is 0.417. The molecule has 2 nitrogen and oxygen atoms in total. The molecule has 2 rings (SSSR count). The predicted octanol–water partition coefficient (Wildman–Crippen LogP) is 1.62. The van der Waals surface area contributed by atoms with Gasteiger partial charge in [-0.2, -0.15) is 0 Å². The van der Waals surface area contributed by atoms with Crippen LogP contribution in [-0.4, -0.2) is 33.0 Å². The van der Waals surface area contributed by atoms with E-state index in [2.05, 4.69) is 42.9 Å². The Kier molecular flexibility index (Phi) is 2.85. The van der Waals surface area contributed by atoms with Crippen molar-refractivity contribution < 1.29 is 4.74 Å².